The van der Waals surface area contributed by atoms with Crippen LogP contribution in [0.1, 0.15) is 30.4 Å². The Morgan fingerprint density at radius 2 is 2.15 bits per heavy atom. The van der Waals surface area contributed by atoms with Gasteiger partial charge in [-0.3, -0.25) is 14.8 Å². The first kappa shape index (κ1) is 16.6. The van der Waals surface area contributed by atoms with Crippen LogP contribution in [0.25, 0.3) is 0 Å². The molecule has 0 saturated carbocycles. The summed E-state index contributed by atoms with van der Waals surface area (Å²) in [5.41, 5.74) is 5.23. The van der Waals surface area contributed by atoms with Crippen molar-refractivity contribution in [2.24, 2.45) is 9.98 Å². The number of carbonyl (C=O) groups excluding carboxylic acids is 1. The van der Waals surface area contributed by atoms with Crippen LogP contribution in [0.3, 0.4) is 0 Å². The normalized spacial score (nSPS) is 22.2. The Labute approximate surface area is 151 Å². The molecule has 1 aliphatic carbocycles. The van der Waals surface area contributed by atoms with Crippen LogP contribution in [0.4, 0.5) is 4.39 Å². The van der Waals surface area contributed by atoms with Gasteiger partial charge < -0.3 is 5.11 Å². The number of fused-ring (bicyclic) bond motifs is 1. The van der Waals surface area contributed by atoms with Gasteiger partial charge in [0.25, 0.3) is 0 Å². The standard InChI is InChI=1S/C21H19FN2O2/c1-12-15(3-2-14-8-18(22)20(25)10-16(12)14)17-9-19(24-11-21(17)26)13-4-6-23-7-5-13/h3-4,6,8-10,12,25H,2,5,7,11H2,1H3/t12-/m0/s1. The number of rotatable bonds is 2. The van der Waals surface area contributed by atoms with Crippen molar-refractivity contribution >= 4 is 17.7 Å². The van der Waals surface area contributed by atoms with E-state index in [1.807, 2.05) is 25.2 Å². The second-order valence-corrected chi connectivity index (χ2v) is 6.77. The van der Waals surface area contributed by atoms with Gasteiger partial charge in [0.1, 0.15) is 6.54 Å². The lowest BCUT2D eigenvalue weighted by molar-refractivity contribution is -0.114. The van der Waals surface area contributed by atoms with Crippen LogP contribution in [-0.4, -0.2) is 35.9 Å². The third-order valence-corrected chi connectivity index (χ3v) is 5.19. The SMILES string of the molecule is C[C@H]1C(C2=CC(C3=CC=NCC3)=NCC2=O)=CCc2cc(F)c(O)cc21. The number of hydrogen-bond acceptors (Lipinski definition) is 4. The number of phenols is 1. The molecule has 26 heavy (non-hydrogen) atoms. The van der Waals surface area contributed by atoms with E-state index in [0.29, 0.717) is 12.0 Å². The van der Waals surface area contributed by atoms with E-state index in [-0.39, 0.29) is 24.0 Å². The van der Waals surface area contributed by atoms with Crippen molar-refractivity contribution in [1.29, 1.82) is 0 Å². The molecule has 132 valence electrons. The molecule has 2 aliphatic heterocycles. The molecule has 1 N–H and O–H groups in total. The molecule has 1 aromatic rings. The molecule has 1 atom stereocenters. The van der Waals surface area contributed by atoms with Crippen molar-refractivity contribution in [2.45, 2.75) is 25.7 Å². The summed E-state index contributed by atoms with van der Waals surface area (Å²) < 4.78 is 13.6. The fraction of sp³-hybridized carbons (Fsp3) is 0.286. The Bertz CT molecular complexity index is 951. The first-order valence-electron chi connectivity index (χ1n) is 8.75. The number of aliphatic imine (C=N–C) groups is 2. The van der Waals surface area contributed by atoms with Gasteiger partial charge in [-0.25, -0.2) is 4.39 Å². The summed E-state index contributed by atoms with van der Waals surface area (Å²) in [7, 11) is 0. The second-order valence-electron chi connectivity index (χ2n) is 6.77. The highest BCUT2D eigenvalue weighted by Gasteiger charge is 2.28. The molecule has 2 heterocycles. The molecule has 0 radical (unpaired) electrons. The van der Waals surface area contributed by atoms with Crippen molar-refractivity contribution in [3.05, 3.63) is 64.0 Å². The molecule has 0 spiro atoms. The molecule has 0 amide bonds. The Kier molecular flexibility index (Phi) is 4.15. The first-order valence-corrected chi connectivity index (χ1v) is 8.75. The van der Waals surface area contributed by atoms with E-state index >= 15 is 0 Å². The van der Waals surface area contributed by atoms with Crippen LogP contribution in [0.2, 0.25) is 0 Å². The summed E-state index contributed by atoms with van der Waals surface area (Å²) in [6.45, 7) is 2.85. The van der Waals surface area contributed by atoms with Gasteiger partial charge in [0.15, 0.2) is 17.3 Å². The topological polar surface area (TPSA) is 62.0 Å². The van der Waals surface area contributed by atoms with Gasteiger partial charge in [0.2, 0.25) is 0 Å². The molecule has 0 unspecified atom stereocenters. The zero-order chi connectivity index (χ0) is 18.3. The number of phenolic OH excluding ortho intramolecular Hbond substituents is 1. The largest absolute Gasteiger partial charge is 0.505 e. The van der Waals surface area contributed by atoms with Gasteiger partial charge in [-0.2, -0.15) is 0 Å². The van der Waals surface area contributed by atoms with Crippen LogP contribution in [0.15, 0.2) is 57.1 Å². The van der Waals surface area contributed by atoms with Gasteiger partial charge in [-0.1, -0.05) is 13.0 Å². The summed E-state index contributed by atoms with van der Waals surface area (Å²) in [6, 6.07) is 2.86. The molecule has 4 nitrogen and oxygen atoms in total. The molecular weight excluding hydrogens is 331 g/mol. The number of hydrogen-bond donors (Lipinski definition) is 1. The van der Waals surface area contributed by atoms with Crippen LogP contribution in [-0.2, 0) is 11.2 Å². The van der Waals surface area contributed by atoms with Gasteiger partial charge in [-0.05, 0) is 59.4 Å². The fourth-order valence-electron chi connectivity index (χ4n) is 3.75. The molecule has 5 heteroatoms. The Morgan fingerprint density at radius 1 is 1.31 bits per heavy atom. The lowest BCUT2D eigenvalue weighted by Crippen LogP contribution is -2.22. The average molecular weight is 350 g/mol. The van der Waals surface area contributed by atoms with Crippen LogP contribution in [0.5, 0.6) is 5.75 Å². The predicted molar refractivity (Wildman–Crippen MR) is 99.7 cm³/mol. The van der Waals surface area contributed by atoms with Crippen molar-refractivity contribution in [3.63, 3.8) is 0 Å². The molecular formula is C21H19FN2O2. The van der Waals surface area contributed by atoms with Gasteiger partial charge >= 0.3 is 0 Å². The van der Waals surface area contributed by atoms with E-state index in [4.69, 9.17) is 0 Å². The zero-order valence-corrected chi connectivity index (χ0v) is 14.5. The number of halogens is 1. The number of aromatic hydroxyl groups is 1. The summed E-state index contributed by atoms with van der Waals surface area (Å²) in [5, 5.41) is 9.74. The van der Waals surface area contributed by atoms with Crippen molar-refractivity contribution in [3.8, 4) is 5.75 Å². The third kappa shape index (κ3) is 2.83. The maximum Gasteiger partial charge on any atom is 0.184 e. The molecule has 0 saturated heterocycles. The second kappa shape index (κ2) is 6.48. The quantitative estimate of drug-likeness (QED) is 0.888. The number of Topliss-reactive ketones (excluding diaryl/α,β-unsaturated/α-hetero) is 1. The van der Waals surface area contributed by atoms with Crippen LogP contribution in [0, 0.1) is 5.82 Å². The number of benzene rings is 1. The zero-order valence-electron chi connectivity index (χ0n) is 14.5. The van der Waals surface area contributed by atoms with Gasteiger partial charge in [0.05, 0.1) is 5.71 Å². The number of carbonyl (C=O) groups is 1. The van der Waals surface area contributed by atoms with Crippen molar-refractivity contribution in [2.75, 3.05) is 13.1 Å². The minimum atomic E-state index is -0.610. The van der Waals surface area contributed by atoms with Crippen LogP contribution < -0.4 is 0 Å². The third-order valence-electron chi connectivity index (χ3n) is 5.19. The lowest BCUT2D eigenvalue weighted by Gasteiger charge is -2.27. The maximum absolute atomic E-state index is 13.6. The lowest BCUT2D eigenvalue weighted by atomic mass is 9.78. The first-order chi connectivity index (χ1) is 12.5. The predicted octanol–water partition coefficient (Wildman–Crippen LogP) is 3.47. The van der Waals surface area contributed by atoms with Crippen molar-refractivity contribution < 1.29 is 14.3 Å². The van der Waals surface area contributed by atoms with E-state index in [9.17, 15) is 14.3 Å². The highest BCUT2D eigenvalue weighted by molar-refractivity contribution is 6.19. The smallest absolute Gasteiger partial charge is 0.184 e. The highest BCUT2D eigenvalue weighted by atomic mass is 19.1. The van der Waals surface area contributed by atoms with Gasteiger partial charge in [-0.15, -0.1) is 0 Å². The summed E-state index contributed by atoms with van der Waals surface area (Å²) >= 11 is 0. The average Bonchev–Trinajstić information content (AvgIpc) is 2.65. The van der Waals surface area contributed by atoms with E-state index in [1.165, 1.54) is 12.1 Å². The number of ketones is 1. The number of allylic oxidation sites excluding steroid dienone is 4. The van der Waals surface area contributed by atoms with Crippen molar-refractivity contribution in [1.82, 2.24) is 0 Å². The minimum absolute atomic E-state index is 0.00768. The molecule has 0 fully saturated rings. The number of dihydropyridines is 2. The minimum Gasteiger partial charge on any atom is -0.505 e. The Hall–Kier alpha value is -2.82. The Morgan fingerprint density at radius 3 is 2.92 bits per heavy atom. The fourth-order valence-corrected chi connectivity index (χ4v) is 3.75. The Balaban J connectivity index is 1.71. The van der Waals surface area contributed by atoms with Crippen LogP contribution >= 0.6 is 0 Å². The summed E-state index contributed by atoms with van der Waals surface area (Å²) in [5.74, 6) is -1.07. The molecule has 0 bridgehead atoms. The monoisotopic (exact) mass is 350 g/mol. The molecule has 1 aromatic carbocycles. The van der Waals surface area contributed by atoms with E-state index in [1.54, 1.807) is 6.21 Å². The summed E-state index contributed by atoms with van der Waals surface area (Å²) in [4.78, 5) is 21.1. The molecule has 3 aliphatic rings. The number of nitrogens with zero attached hydrogens (tertiary/aromatic N) is 2. The van der Waals surface area contributed by atoms with E-state index in [0.717, 1.165) is 41.0 Å². The molecule has 4 rings (SSSR count). The summed E-state index contributed by atoms with van der Waals surface area (Å²) in [6.07, 6.45) is 8.94. The highest BCUT2D eigenvalue weighted by Crippen LogP contribution is 2.39. The van der Waals surface area contributed by atoms with E-state index in [2.05, 4.69) is 9.98 Å². The van der Waals surface area contributed by atoms with Gasteiger partial charge in [0, 0.05) is 24.3 Å². The molecule has 0 aromatic heterocycles. The van der Waals surface area contributed by atoms with E-state index < -0.39 is 5.82 Å². The maximum atomic E-state index is 13.6.